The Bertz CT molecular complexity index is 375. The Balaban J connectivity index is 0.000000186. The number of hydrogen-bond donors (Lipinski definition) is 0. The summed E-state index contributed by atoms with van der Waals surface area (Å²) in [5.41, 5.74) is 1.37. The number of nitrogens with zero attached hydrogens (tertiary/aromatic N) is 3. The predicted molar refractivity (Wildman–Crippen MR) is 110 cm³/mol. The lowest BCUT2D eigenvalue weighted by atomic mass is 9.79. The van der Waals surface area contributed by atoms with Gasteiger partial charge in [-0.1, -0.05) is 18.2 Å². The van der Waals surface area contributed by atoms with E-state index in [9.17, 15) is 0 Å². The van der Waals surface area contributed by atoms with Crippen LogP contribution in [0.5, 0.6) is 0 Å². The van der Waals surface area contributed by atoms with Gasteiger partial charge in [-0.2, -0.15) is 0 Å². The summed E-state index contributed by atoms with van der Waals surface area (Å²) < 4.78 is 0. The van der Waals surface area contributed by atoms with E-state index in [4.69, 9.17) is 0 Å². The predicted octanol–water partition coefficient (Wildman–Crippen LogP) is 3.88. The van der Waals surface area contributed by atoms with Crippen molar-refractivity contribution in [3.8, 4) is 0 Å². The molecule has 0 spiro atoms. The molecule has 3 heteroatoms. The number of allylic oxidation sites excluding steroid dienone is 2. The highest BCUT2D eigenvalue weighted by Gasteiger charge is 2.25. The second-order valence-corrected chi connectivity index (χ2v) is 8.57. The molecule has 3 fully saturated rings. The van der Waals surface area contributed by atoms with Gasteiger partial charge in [0.25, 0.3) is 0 Å². The van der Waals surface area contributed by atoms with Gasteiger partial charge in [0.15, 0.2) is 0 Å². The van der Waals surface area contributed by atoms with Crippen molar-refractivity contribution in [2.75, 3.05) is 53.4 Å². The van der Waals surface area contributed by atoms with Gasteiger partial charge in [0.1, 0.15) is 0 Å². The van der Waals surface area contributed by atoms with E-state index in [1.807, 2.05) is 0 Å². The minimum absolute atomic E-state index is 0.783. The summed E-state index contributed by atoms with van der Waals surface area (Å²) in [5, 5.41) is 0. The maximum atomic E-state index is 4.00. The molecule has 144 valence electrons. The molecular weight excluding hydrogens is 306 g/mol. The average Bonchev–Trinajstić information content (AvgIpc) is 2.64. The van der Waals surface area contributed by atoms with Crippen LogP contribution >= 0.6 is 0 Å². The first-order valence-corrected chi connectivity index (χ1v) is 10.4. The largest absolute Gasteiger partial charge is 0.306 e. The zero-order valence-corrected chi connectivity index (χ0v) is 17.1. The molecular formula is C22H41N3. The summed E-state index contributed by atoms with van der Waals surface area (Å²) in [7, 11) is 4.46. The van der Waals surface area contributed by atoms with Crippen LogP contribution in [0.15, 0.2) is 24.8 Å². The van der Waals surface area contributed by atoms with Gasteiger partial charge in [-0.05, 0) is 84.5 Å². The van der Waals surface area contributed by atoms with Crippen molar-refractivity contribution in [1.29, 1.82) is 0 Å². The summed E-state index contributed by atoms with van der Waals surface area (Å²) in [4.78, 5) is 7.59. The Kier molecular flexibility index (Phi) is 8.68. The molecule has 0 aromatic rings. The van der Waals surface area contributed by atoms with Crippen LogP contribution < -0.4 is 0 Å². The summed E-state index contributed by atoms with van der Waals surface area (Å²) in [6, 6.07) is 0.875. The molecule has 3 aliphatic rings. The van der Waals surface area contributed by atoms with E-state index < -0.39 is 0 Å². The van der Waals surface area contributed by atoms with Gasteiger partial charge in [-0.25, -0.2) is 0 Å². The summed E-state index contributed by atoms with van der Waals surface area (Å²) >= 11 is 0. The molecule has 0 bridgehead atoms. The maximum Gasteiger partial charge on any atom is 0.0121 e. The zero-order valence-electron chi connectivity index (χ0n) is 17.1. The third-order valence-electron chi connectivity index (χ3n) is 6.54. The first-order valence-electron chi connectivity index (χ1n) is 10.4. The number of piperidine rings is 1. The number of likely N-dealkylation sites (N-methyl/N-ethyl adjacent to an activating group) is 1. The minimum atomic E-state index is 0.783. The van der Waals surface area contributed by atoms with Crippen LogP contribution in [0.2, 0.25) is 0 Å². The van der Waals surface area contributed by atoms with Gasteiger partial charge >= 0.3 is 0 Å². The quantitative estimate of drug-likeness (QED) is 0.717. The lowest BCUT2D eigenvalue weighted by Gasteiger charge is -2.41. The Morgan fingerprint density at radius 1 is 0.800 bits per heavy atom. The molecule has 0 N–H and O–H groups in total. The Hall–Kier alpha value is -0.640. The van der Waals surface area contributed by atoms with E-state index in [-0.39, 0.29) is 0 Å². The Morgan fingerprint density at radius 3 is 1.80 bits per heavy atom. The van der Waals surface area contributed by atoms with Crippen molar-refractivity contribution in [1.82, 2.24) is 14.7 Å². The molecule has 1 saturated carbocycles. The van der Waals surface area contributed by atoms with E-state index in [1.165, 1.54) is 83.4 Å². The van der Waals surface area contributed by atoms with Gasteiger partial charge in [-0.3, -0.25) is 4.90 Å². The first-order chi connectivity index (χ1) is 12.0. The molecule has 0 unspecified atom stereocenters. The second kappa shape index (κ2) is 10.5. The van der Waals surface area contributed by atoms with Crippen LogP contribution in [0.25, 0.3) is 0 Å². The molecule has 1 aliphatic carbocycles. The highest BCUT2D eigenvalue weighted by Crippen LogP contribution is 2.32. The van der Waals surface area contributed by atoms with Gasteiger partial charge < -0.3 is 9.80 Å². The minimum Gasteiger partial charge on any atom is -0.306 e. The number of hydrogen-bond acceptors (Lipinski definition) is 3. The fourth-order valence-electron chi connectivity index (χ4n) is 4.39. The first kappa shape index (κ1) is 20.7. The maximum absolute atomic E-state index is 4.00. The number of rotatable bonds is 3. The molecule has 2 heterocycles. The summed E-state index contributed by atoms with van der Waals surface area (Å²) in [6.07, 6.45) is 10.1. The average molecular weight is 348 g/mol. The normalized spacial score (nSPS) is 30.4. The van der Waals surface area contributed by atoms with E-state index in [0.717, 1.165) is 17.9 Å². The van der Waals surface area contributed by atoms with Crippen molar-refractivity contribution in [3.05, 3.63) is 24.8 Å². The van der Waals surface area contributed by atoms with Crippen LogP contribution in [-0.4, -0.2) is 74.1 Å². The van der Waals surface area contributed by atoms with Crippen molar-refractivity contribution in [3.63, 3.8) is 0 Å². The van der Waals surface area contributed by atoms with E-state index >= 15 is 0 Å². The van der Waals surface area contributed by atoms with E-state index in [1.54, 1.807) is 0 Å². The Morgan fingerprint density at radius 2 is 1.32 bits per heavy atom. The van der Waals surface area contributed by atoms with Crippen LogP contribution in [0.3, 0.4) is 0 Å². The summed E-state index contributed by atoms with van der Waals surface area (Å²) in [5.74, 6) is 1.58. The molecule has 0 aromatic carbocycles. The molecule has 2 saturated heterocycles. The summed E-state index contributed by atoms with van der Waals surface area (Å²) in [6.45, 7) is 17.6. The molecule has 3 rings (SSSR count). The van der Waals surface area contributed by atoms with Crippen molar-refractivity contribution < 1.29 is 0 Å². The highest BCUT2D eigenvalue weighted by atomic mass is 15.3. The Labute approximate surface area is 156 Å². The number of likely N-dealkylation sites (tertiary alicyclic amines) is 1. The highest BCUT2D eigenvalue weighted by molar-refractivity contribution is 4.99. The fourth-order valence-corrected chi connectivity index (χ4v) is 4.39. The fraction of sp³-hybridized carbons (Fsp3) is 0.818. The van der Waals surface area contributed by atoms with Crippen molar-refractivity contribution in [2.45, 2.75) is 51.5 Å². The van der Waals surface area contributed by atoms with Gasteiger partial charge in [0.05, 0.1) is 0 Å². The third kappa shape index (κ3) is 6.88. The van der Waals surface area contributed by atoms with Crippen LogP contribution in [0.4, 0.5) is 0 Å². The lowest BCUT2D eigenvalue weighted by Crippen LogP contribution is -2.51. The van der Waals surface area contributed by atoms with Crippen molar-refractivity contribution >= 4 is 0 Å². The van der Waals surface area contributed by atoms with Gasteiger partial charge in [0, 0.05) is 32.2 Å². The third-order valence-corrected chi connectivity index (χ3v) is 6.54. The van der Waals surface area contributed by atoms with Gasteiger partial charge in [-0.15, -0.1) is 6.58 Å². The topological polar surface area (TPSA) is 9.72 Å². The smallest absolute Gasteiger partial charge is 0.0121 e. The molecule has 0 amide bonds. The van der Waals surface area contributed by atoms with Gasteiger partial charge in [0.2, 0.25) is 0 Å². The monoisotopic (exact) mass is 347 g/mol. The molecule has 0 aromatic heterocycles. The molecule has 0 radical (unpaired) electrons. The second-order valence-electron chi connectivity index (χ2n) is 8.57. The van der Waals surface area contributed by atoms with E-state index in [2.05, 4.69) is 55.0 Å². The lowest BCUT2D eigenvalue weighted by molar-refractivity contribution is 0.0742. The standard InChI is InChI=1S/C11H23N3.C11H18/c1-12-5-3-11(4-6-12)14-9-7-13(2)8-10-14;1-4-10-5-7-11(8-6-10)9(2)3/h11H,3-10H2,1-2H3;4,10-11H,1-2,5-8H2,3H3. The van der Waals surface area contributed by atoms with Crippen molar-refractivity contribution in [2.24, 2.45) is 11.8 Å². The molecule has 3 nitrogen and oxygen atoms in total. The molecule has 0 atom stereocenters. The zero-order chi connectivity index (χ0) is 18.2. The van der Waals surface area contributed by atoms with Crippen LogP contribution in [0, 0.1) is 11.8 Å². The molecule has 25 heavy (non-hydrogen) atoms. The van der Waals surface area contributed by atoms with Crippen LogP contribution in [0.1, 0.15) is 45.4 Å². The molecule has 2 aliphatic heterocycles. The number of piperazine rings is 1. The van der Waals surface area contributed by atoms with Crippen LogP contribution in [-0.2, 0) is 0 Å². The van der Waals surface area contributed by atoms with E-state index in [0.29, 0.717) is 0 Å². The SMILES string of the molecule is C=CC1CCC(C(=C)C)CC1.CN1CCC(N2CCN(C)CC2)CC1.